The third-order valence-corrected chi connectivity index (χ3v) is 2.91. The third-order valence-electron chi connectivity index (χ3n) is 2.36. The first-order valence-corrected chi connectivity index (χ1v) is 6.48. The van der Waals surface area contributed by atoms with Crippen LogP contribution >= 0.6 is 23.2 Å². The van der Waals surface area contributed by atoms with Gasteiger partial charge in [-0.05, 0) is 31.2 Å². The first-order chi connectivity index (χ1) is 9.10. The van der Waals surface area contributed by atoms with Gasteiger partial charge in [0.1, 0.15) is 11.6 Å². The van der Waals surface area contributed by atoms with E-state index < -0.39 is 5.82 Å². The number of pyridine rings is 1. The van der Waals surface area contributed by atoms with Crippen LogP contribution in [-0.2, 0) is 0 Å². The van der Waals surface area contributed by atoms with Crippen molar-refractivity contribution >= 4 is 40.5 Å². The Morgan fingerprint density at radius 2 is 1.79 bits per heavy atom. The maximum atomic E-state index is 13.3. The fraction of sp³-hybridized carbons (Fsp3) is 0.154. The highest BCUT2D eigenvalue weighted by Crippen LogP contribution is 2.28. The molecule has 0 aliphatic carbocycles. The van der Waals surface area contributed by atoms with Crippen LogP contribution in [-0.4, -0.2) is 11.5 Å². The van der Waals surface area contributed by atoms with Gasteiger partial charge in [0.2, 0.25) is 0 Å². The molecule has 0 bridgehead atoms. The second-order valence-electron chi connectivity index (χ2n) is 3.82. The van der Waals surface area contributed by atoms with Crippen molar-refractivity contribution in [3.63, 3.8) is 0 Å². The van der Waals surface area contributed by atoms with Crippen LogP contribution in [0.3, 0.4) is 0 Å². The average Bonchev–Trinajstić information content (AvgIpc) is 2.37. The summed E-state index contributed by atoms with van der Waals surface area (Å²) in [4.78, 5) is 4.34. The van der Waals surface area contributed by atoms with Crippen LogP contribution in [0.1, 0.15) is 6.92 Å². The second-order valence-corrected chi connectivity index (χ2v) is 4.63. The first-order valence-electron chi connectivity index (χ1n) is 5.72. The van der Waals surface area contributed by atoms with Crippen LogP contribution in [0.5, 0.6) is 0 Å². The second kappa shape index (κ2) is 6.08. The number of rotatable bonds is 4. The molecule has 1 heterocycles. The highest BCUT2D eigenvalue weighted by Gasteiger charge is 2.08. The lowest BCUT2D eigenvalue weighted by Crippen LogP contribution is -2.01. The van der Waals surface area contributed by atoms with E-state index in [0.29, 0.717) is 11.5 Å². The average molecular weight is 300 g/mol. The topological polar surface area (TPSA) is 37.0 Å². The Morgan fingerprint density at radius 3 is 2.42 bits per heavy atom. The van der Waals surface area contributed by atoms with E-state index in [4.69, 9.17) is 23.2 Å². The summed E-state index contributed by atoms with van der Waals surface area (Å²) in [5, 5.41) is 6.07. The molecule has 0 spiro atoms. The zero-order chi connectivity index (χ0) is 13.8. The smallest absolute Gasteiger partial charge is 0.160 e. The summed E-state index contributed by atoms with van der Waals surface area (Å²) in [6, 6.07) is 8.44. The van der Waals surface area contributed by atoms with Crippen molar-refractivity contribution in [2.24, 2.45) is 0 Å². The number of hydrogen-bond acceptors (Lipinski definition) is 3. The van der Waals surface area contributed by atoms with E-state index in [1.54, 1.807) is 6.07 Å². The highest BCUT2D eigenvalue weighted by molar-refractivity contribution is 6.35. The summed E-state index contributed by atoms with van der Waals surface area (Å²) in [5.74, 6) is 0.757. The lowest BCUT2D eigenvalue weighted by molar-refractivity contribution is 0.629. The Kier molecular flexibility index (Phi) is 4.45. The Bertz CT molecular complexity index is 567. The number of nitrogens with zero attached hydrogens (tertiary/aromatic N) is 1. The fourth-order valence-electron chi connectivity index (χ4n) is 1.56. The molecule has 0 saturated heterocycles. The molecule has 1 aromatic heterocycles. The van der Waals surface area contributed by atoms with Crippen LogP contribution in [0, 0.1) is 5.82 Å². The molecule has 2 rings (SSSR count). The van der Waals surface area contributed by atoms with Gasteiger partial charge in [0.05, 0.1) is 10.0 Å². The van der Waals surface area contributed by atoms with Gasteiger partial charge in [0.15, 0.2) is 5.82 Å². The number of nitrogens with one attached hydrogen (secondary N) is 2. The van der Waals surface area contributed by atoms with Gasteiger partial charge in [-0.15, -0.1) is 0 Å². The highest BCUT2D eigenvalue weighted by atomic mass is 35.5. The van der Waals surface area contributed by atoms with E-state index in [-0.39, 0.29) is 10.0 Å². The van der Waals surface area contributed by atoms with Crippen molar-refractivity contribution < 1.29 is 4.39 Å². The van der Waals surface area contributed by atoms with Gasteiger partial charge in [-0.25, -0.2) is 9.37 Å². The van der Waals surface area contributed by atoms with Crippen molar-refractivity contribution in [3.05, 3.63) is 46.2 Å². The van der Waals surface area contributed by atoms with E-state index in [9.17, 15) is 4.39 Å². The molecule has 2 N–H and O–H groups in total. The summed E-state index contributed by atoms with van der Waals surface area (Å²) < 4.78 is 13.3. The maximum absolute atomic E-state index is 13.3. The summed E-state index contributed by atoms with van der Waals surface area (Å²) in [5.41, 5.74) is 0.581. The molecule has 0 saturated carbocycles. The molecule has 0 radical (unpaired) electrons. The quantitative estimate of drug-likeness (QED) is 0.803. The normalized spacial score (nSPS) is 10.3. The zero-order valence-corrected chi connectivity index (χ0v) is 11.7. The van der Waals surface area contributed by atoms with Crippen LogP contribution in [0.25, 0.3) is 0 Å². The molecular formula is C13H12Cl2FN3. The Hall–Kier alpha value is -1.52. The number of hydrogen-bond donors (Lipinski definition) is 2. The lowest BCUT2D eigenvalue weighted by atomic mass is 10.3. The van der Waals surface area contributed by atoms with Crippen LogP contribution < -0.4 is 10.6 Å². The van der Waals surface area contributed by atoms with Crippen LogP contribution in [0.4, 0.5) is 21.7 Å². The van der Waals surface area contributed by atoms with E-state index in [0.717, 1.165) is 12.4 Å². The van der Waals surface area contributed by atoms with Crippen molar-refractivity contribution in [1.82, 2.24) is 4.98 Å². The van der Waals surface area contributed by atoms with Gasteiger partial charge in [-0.2, -0.15) is 0 Å². The van der Waals surface area contributed by atoms with Crippen LogP contribution in [0.15, 0.2) is 30.3 Å². The van der Waals surface area contributed by atoms with Crippen molar-refractivity contribution in [2.45, 2.75) is 6.92 Å². The predicted octanol–water partition coefficient (Wildman–Crippen LogP) is 4.70. The Morgan fingerprint density at radius 1 is 1.16 bits per heavy atom. The predicted molar refractivity (Wildman–Crippen MR) is 78.1 cm³/mol. The summed E-state index contributed by atoms with van der Waals surface area (Å²) in [6.45, 7) is 2.77. The van der Waals surface area contributed by atoms with Gasteiger partial charge >= 0.3 is 0 Å². The SMILES string of the molecule is CCNc1cccc(Nc2cc(Cl)c(F)c(Cl)c2)n1. The molecule has 3 nitrogen and oxygen atoms in total. The molecule has 1 aromatic carbocycles. The molecule has 6 heteroatoms. The summed E-state index contributed by atoms with van der Waals surface area (Å²) in [6.07, 6.45) is 0. The minimum Gasteiger partial charge on any atom is -0.370 e. The van der Waals surface area contributed by atoms with Gasteiger partial charge in [-0.3, -0.25) is 0 Å². The largest absolute Gasteiger partial charge is 0.370 e. The number of benzene rings is 1. The van der Waals surface area contributed by atoms with E-state index >= 15 is 0 Å². The van der Waals surface area contributed by atoms with Gasteiger partial charge in [0.25, 0.3) is 0 Å². The summed E-state index contributed by atoms with van der Waals surface area (Å²) >= 11 is 11.5. The molecule has 0 amide bonds. The molecule has 19 heavy (non-hydrogen) atoms. The third kappa shape index (κ3) is 3.49. The summed E-state index contributed by atoms with van der Waals surface area (Å²) in [7, 11) is 0. The maximum Gasteiger partial charge on any atom is 0.160 e. The van der Waals surface area contributed by atoms with Crippen molar-refractivity contribution in [3.8, 4) is 0 Å². The van der Waals surface area contributed by atoms with Gasteiger partial charge in [0, 0.05) is 12.2 Å². The lowest BCUT2D eigenvalue weighted by Gasteiger charge is -2.09. The molecule has 100 valence electrons. The van der Waals surface area contributed by atoms with Crippen molar-refractivity contribution in [2.75, 3.05) is 17.2 Å². The van der Waals surface area contributed by atoms with Gasteiger partial charge < -0.3 is 10.6 Å². The molecule has 0 aliphatic heterocycles. The number of anilines is 3. The fourth-order valence-corrected chi connectivity index (χ4v) is 2.05. The number of aromatic nitrogens is 1. The molecular weight excluding hydrogens is 288 g/mol. The standard InChI is InChI=1S/C13H12Cl2FN3/c1-2-17-11-4-3-5-12(19-11)18-8-6-9(14)13(16)10(15)7-8/h3-7H,2H2,1H3,(H2,17,18,19). The Labute approximate surface area is 120 Å². The minimum absolute atomic E-state index is 0.0298. The van der Waals surface area contributed by atoms with Gasteiger partial charge in [-0.1, -0.05) is 29.3 Å². The molecule has 2 aromatic rings. The van der Waals surface area contributed by atoms with Crippen LogP contribution in [0.2, 0.25) is 10.0 Å². The molecule has 0 fully saturated rings. The zero-order valence-electron chi connectivity index (χ0n) is 10.2. The molecule has 0 aliphatic rings. The van der Waals surface area contributed by atoms with E-state index in [1.165, 1.54) is 12.1 Å². The first kappa shape index (κ1) is 13.9. The number of halogens is 3. The monoisotopic (exact) mass is 299 g/mol. The molecule has 0 atom stereocenters. The minimum atomic E-state index is -0.622. The van der Waals surface area contributed by atoms with E-state index in [1.807, 2.05) is 19.1 Å². The Balaban J connectivity index is 2.23. The van der Waals surface area contributed by atoms with E-state index in [2.05, 4.69) is 15.6 Å². The van der Waals surface area contributed by atoms with Crippen molar-refractivity contribution in [1.29, 1.82) is 0 Å². The molecule has 0 unspecified atom stereocenters.